The summed E-state index contributed by atoms with van der Waals surface area (Å²) in [6.07, 6.45) is -0.135. The lowest BCUT2D eigenvalue weighted by Crippen LogP contribution is -2.25. The Bertz CT molecular complexity index is 1700. The van der Waals surface area contributed by atoms with Gasteiger partial charge in [-0.05, 0) is 67.4 Å². The number of rotatable bonds is 9. The van der Waals surface area contributed by atoms with Crippen LogP contribution in [0.15, 0.2) is 77.3 Å². The molecular weight excluding hydrogens is 563 g/mol. The van der Waals surface area contributed by atoms with Crippen LogP contribution in [0.25, 0.3) is 33.6 Å². The first-order chi connectivity index (χ1) is 19.7. The second-order valence-electron chi connectivity index (χ2n) is 9.61. The van der Waals surface area contributed by atoms with Crippen molar-refractivity contribution in [3.63, 3.8) is 0 Å². The number of benzene rings is 3. The first-order valence-corrected chi connectivity index (χ1v) is 13.6. The molecule has 0 radical (unpaired) electrons. The van der Waals surface area contributed by atoms with Crippen LogP contribution in [0.4, 0.5) is 0 Å². The zero-order chi connectivity index (χ0) is 29.1. The van der Waals surface area contributed by atoms with Crippen molar-refractivity contribution in [1.29, 1.82) is 0 Å². The molecular formula is C31H26Cl2N4O4. The van der Waals surface area contributed by atoms with Crippen LogP contribution >= 0.6 is 23.2 Å². The van der Waals surface area contributed by atoms with E-state index in [1.807, 2.05) is 67.1 Å². The summed E-state index contributed by atoms with van der Waals surface area (Å²) in [5.74, 6) is -0.546. The summed E-state index contributed by atoms with van der Waals surface area (Å²) in [6.45, 7) is 4.30. The van der Waals surface area contributed by atoms with E-state index in [1.54, 1.807) is 18.2 Å². The van der Waals surface area contributed by atoms with E-state index in [4.69, 9.17) is 37.9 Å². The van der Waals surface area contributed by atoms with Gasteiger partial charge in [0.2, 0.25) is 0 Å². The highest BCUT2D eigenvalue weighted by atomic mass is 35.5. The Labute approximate surface area is 246 Å². The van der Waals surface area contributed by atoms with Crippen molar-refractivity contribution in [2.75, 3.05) is 6.54 Å². The van der Waals surface area contributed by atoms with Crippen molar-refractivity contribution >= 4 is 35.1 Å². The molecule has 3 aromatic carbocycles. The molecule has 0 unspecified atom stereocenters. The molecule has 0 fully saturated rings. The van der Waals surface area contributed by atoms with E-state index in [0.29, 0.717) is 27.8 Å². The van der Waals surface area contributed by atoms with Crippen LogP contribution in [-0.4, -0.2) is 38.5 Å². The van der Waals surface area contributed by atoms with E-state index in [2.05, 4.69) is 16.5 Å². The first-order valence-electron chi connectivity index (χ1n) is 12.8. The van der Waals surface area contributed by atoms with Crippen LogP contribution in [0.5, 0.6) is 0 Å². The van der Waals surface area contributed by atoms with E-state index in [1.165, 1.54) is 0 Å². The van der Waals surface area contributed by atoms with Crippen molar-refractivity contribution in [2.24, 2.45) is 0 Å². The average molecular weight is 589 g/mol. The van der Waals surface area contributed by atoms with Crippen molar-refractivity contribution in [3.8, 4) is 33.6 Å². The van der Waals surface area contributed by atoms with Crippen LogP contribution in [0.2, 0.25) is 10.0 Å². The molecule has 0 saturated carbocycles. The summed E-state index contributed by atoms with van der Waals surface area (Å²) in [6, 6.07) is 22.6. The van der Waals surface area contributed by atoms with Crippen LogP contribution < -0.4 is 5.32 Å². The predicted molar refractivity (Wildman–Crippen MR) is 158 cm³/mol. The Hall–Kier alpha value is -4.40. The fourth-order valence-electron chi connectivity index (χ4n) is 4.66. The second-order valence-corrected chi connectivity index (χ2v) is 10.5. The van der Waals surface area contributed by atoms with Gasteiger partial charge in [-0.25, -0.2) is 0 Å². The van der Waals surface area contributed by atoms with Crippen molar-refractivity contribution in [2.45, 2.75) is 26.8 Å². The number of nitrogens with zero attached hydrogens (tertiary/aromatic N) is 3. The lowest BCUT2D eigenvalue weighted by molar-refractivity contribution is -0.136. The maximum Gasteiger partial charge on any atom is 0.305 e. The lowest BCUT2D eigenvalue weighted by atomic mass is 10.00. The molecule has 0 spiro atoms. The standard InChI is InChI=1S/C31H26Cl2N4O4/c1-18-30(19(2)41-36-18)23-5-3-4-22(12-23)28-16-27(24-13-25(32)15-26(33)14-24)35-37(28)17-20-6-8-21(9-7-20)31(40)34-11-10-29(38)39/h3-9,12-16H,10-11,17H2,1-2H3,(H,34,40)(H,38,39). The molecule has 0 bridgehead atoms. The Morgan fingerprint density at radius 1 is 0.927 bits per heavy atom. The highest BCUT2D eigenvalue weighted by Gasteiger charge is 2.17. The van der Waals surface area contributed by atoms with Gasteiger partial charge in [0.15, 0.2) is 0 Å². The highest BCUT2D eigenvalue weighted by molar-refractivity contribution is 6.35. The summed E-state index contributed by atoms with van der Waals surface area (Å²) in [5.41, 5.74) is 7.45. The van der Waals surface area contributed by atoms with Gasteiger partial charge in [-0.3, -0.25) is 14.3 Å². The van der Waals surface area contributed by atoms with Gasteiger partial charge in [-0.2, -0.15) is 5.10 Å². The quantitative estimate of drug-likeness (QED) is 0.191. The fourth-order valence-corrected chi connectivity index (χ4v) is 5.19. The number of aryl methyl sites for hydroxylation is 2. The molecule has 2 heterocycles. The largest absolute Gasteiger partial charge is 0.481 e. The molecule has 5 aromatic rings. The normalized spacial score (nSPS) is 11.0. The summed E-state index contributed by atoms with van der Waals surface area (Å²) in [5, 5.41) is 21.4. The average Bonchev–Trinajstić information content (AvgIpc) is 3.51. The van der Waals surface area contributed by atoms with E-state index < -0.39 is 5.97 Å². The number of carboxylic acid groups (broad SMARTS) is 1. The van der Waals surface area contributed by atoms with E-state index in [9.17, 15) is 9.59 Å². The van der Waals surface area contributed by atoms with Crippen molar-refractivity contribution < 1.29 is 19.2 Å². The minimum atomic E-state index is -0.965. The number of amides is 1. The predicted octanol–water partition coefficient (Wildman–Crippen LogP) is 7.05. The smallest absolute Gasteiger partial charge is 0.305 e. The first kappa shape index (κ1) is 28.1. The topological polar surface area (TPSA) is 110 Å². The molecule has 8 nitrogen and oxygen atoms in total. The summed E-state index contributed by atoms with van der Waals surface area (Å²) in [4.78, 5) is 23.1. The summed E-state index contributed by atoms with van der Waals surface area (Å²) >= 11 is 12.6. The van der Waals surface area contributed by atoms with Gasteiger partial charge in [-0.1, -0.05) is 58.7 Å². The molecule has 1 amide bonds. The number of hydrogen-bond donors (Lipinski definition) is 2. The monoisotopic (exact) mass is 588 g/mol. The SMILES string of the molecule is Cc1noc(C)c1-c1cccc(-c2cc(-c3cc(Cl)cc(Cl)c3)nn2Cc2ccc(C(=O)NCCC(=O)O)cc2)c1. The third kappa shape index (κ3) is 6.51. The Morgan fingerprint density at radius 3 is 2.29 bits per heavy atom. The minimum Gasteiger partial charge on any atom is -0.481 e. The number of nitrogens with one attached hydrogen (secondary N) is 1. The maximum absolute atomic E-state index is 12.4. The van der Waals surface area contributed by atoms with E-state index in [0.717, 1.165) is 45.0 Å². The second kappa shape index (κ2) is 12.0. The number of halogens is 2. The van der Waals surface area contributed by atoms with Crippen molar-refractivity contribution in [1.82, 2.24) is 20.3 Å². The third-order valence-corrected chi connectivity index (χ3v) is 7.03. The van der Waals surface area contributed by atoms with E-state index >= 15 is 0 Å². The zero-order valence-electron chi connectivity index (χ0n) is 22.3. The Balaban J connectivity index is 1.50. The van der Waals surface area contributed by atoms with Gasteiger partial charge in [0.25, 0.3) is 5.91 Å². The number of carboxylic acids is 1. The van der Waals surface area contributed by atoms with Gasteiger partial charge < -0.3 is 14.9 Å². The maximum atomic E-state index is 12.4. The van der Waals surface area contributed by atoms with Gasteiger partial charge in [0.05, 0.1) is 30.0 Å². The summed E-state index contributed by atoms with van der Waals surface area (Å²) in [7, 11) is 0. The van der Waals surface area contributed by atoms with Gasteiger partial charge in [0, 0.05) is 38.8 Å². The molecule has 2 N–H and O–H groups in total. The van der Waals surface area contributed by atoms with Gasteiger partial charge >= 0.3 is 5.97 Å². The van der Waals surface area contributed by atoms with Crippen molar-refractivity contribution in [3.05, 3.63) is 105 Å². The Kier molecular flexibility index (Phi) is 8.23. The minimum absolute atomic E-state index is 0.0653. The van der Waals surface area contributed by atoms with E-state index in [-0.39, 0.29) is 18.9 Å². The van der Waals surface area contributed by atoms with Crippen LogP contribution in [0.1, 0.15) is 33.8 Å². The molecule has 5 rings (SSSR count). The lowest BCUT2D eigenvalue weighted by Gasteiger charge is -2.10. The molecule has 0 saturated heterocycles. The molecule has 0 aliphatic carbocycles. The summed E-state index contributed by atoms with van der Waals surface area (Å²) < 4.78 is 7.30. The zero-order valence-corrected chi connectivity index (χ0v) is 23.8. The number of hydrogen-bond acceptors (Lipinski definition) is 5. The molecule has 2 aromatic heterocycles. The number of carbonyl (C=O) groups is 2. The van der Waals surface area contributed by atoms with Crippen LogP contribution in [-0.2, 0) is 11.3 Å². The highest BCUT2D eigenvalue weighted by Crippen LogP contribution is 2.34. The molecule has 10 heteroatoms. The van der Waals surface area contributed by atoms with Crippen LogP contribution in [0, 0.1) is 13.8 Å². The molecule has 41 heavy (non-hydrogen) atoms. The Morgan fingerprint density at radius 2 is 1.63 bits per heavy atom. The van der Waals surface area contributed by atoms with Gasteiger partial charge in [0.1, 0.15) is 5.76 Å². The third-order valence-electron chi connectivity index (χ3n) is 6.59. The fraction of sp³-hybridized carbons (Fsp3) is 0.161. The molecule has 208 valence electrons. The number of aliphatic carboxylic acids is 1. The number of aromatic nitrogens is 3. The molecule has 0 atom stereocenters. The van der Waals surface area contributed by atoms with Crippen LogP contribution in [0.3, 0.4) is 0 Å². The number of carbonyl (C=O) groups excluding carboxylic acids is 1. The molecule has 0 aliphatic heterocycles. The molecule has 0 aliphatic rings. The van der Waals surface area contributed by atoms with Gasteiger partial charge in [-0.15, -0.1) is 0 Å².